The lowest BCUT2D eigenvalue weighted by Crippen LogP contribution is -2.21. The van der Waals surface area contributed by atoms with Crippen molar-refractivity contribution in [2.45, 2.75) is 44.7 Å². The van der Waals surface area contributed by atoms with Crippen LogP contribution in [-0.2, 0) is 9.47 Å². The maximum absolute atomic E-state index is 8.58. The average molecular weight is 212 g/mol. The molecule has 0 radical (unpaired) electrons. The van der Waals surface area contributed by atoms with Crippen LogP contribution in [0.25, 0.3) is 0 Å². The van der Waals surface area contributed by atoms with Crippen molar-refractivity contribution < 1.29 is 14.6 Å². The van der Waals surface area contributed by atoms with E-state index in [9.17, 15) is 0 Å². The smallest absolute Gasteiger partial charge is 0.164 e. The van der Waals surface area contributed by atoms with Crippen LogP contribution < -0.4 is 0 Å². The standard InChI is InChI=1S/C12H20O3/c1-4-10-11(8-6-5-7-9-13)15-12(2,3)14-10/h4-5,7,10-11,13H,1,6,8-9H2,2-3H3/b7-5+/t10-,11-/m1/s1. The Morgan fingerprint density at radius 1 is 1.33 bits per heavy atom. The lowest BCUT2D eigenvalue weighted by Gasteiger charge is -2.16. The maximum atomic E-state index is 8.58. The first-order valence-corrected chi connectivity index (χ1v) is 5.33. The number of hydrogen-bond acceptors (Lipinski definition) is 3. The number of hydrogen-bond donors (Lipinski definition) is 1. The van der Waals surface area contributed by atoms with Crippen LogP contribution in [0.4, 0.5) is 0 Å². The minimum Gasteiger partial charge on any atom is -0.392 e. The summed E-state index contributed by atoms with van der Waals surface area (Å²) in [6.45, 7) is 7.66. The van der Waals surface area contributed by atoms with Crippen molar-refractivity contribution in [1.29, 1.82) is 0 Å². The van der Waals surface area contributed by atoms with Crippen LogP contribution in [0.5, 0.6) is 0 Å². The Labute approximate surface area is 91.4 Å². The molecule has 3 heteroatoms. The van der Waals surface area contributed by atoms with Gasteiger partial charge in [0.25, 0.3) is 0 Å². The summed E-state index contributed by atoms with van der Waals surface area (Å²) in [7, 11) is 0. The molecule has 3 nitrogen and oxygen atoms in total. The lowest BCUT2D eigenvalue weighted by molar-refractivity contribution is -0.143. The second kappa shape index (κ2) is 5.45. The summed E-state index contributed by atoms with van der Waals surface area (Å²) in [6.07, 6.45) is 7.29. The Kier molecular flexibility index (Phi) is 4.51. The second-order valence-electron chi connectivity index (χ2n) is 4.11. The Balaban J connectivity index is 2.40. The van der Waals surface area contributed by atoms with Crippen LogP contribution in [0.2, 0.25) is 0 Å². The highest BCUT2D eigenvalue weighted by molar-refractivity contribution is 4.94. The summed E-state index contributed by atoms with van der Waals surface area (Å²) < 4.78 is 11.4. The molecule has 1 aliphatic rings. The van der Waals surface area contributed by atoms with Crippen LogP contribution in [0.3, 0.4) is 0 Å². The molecule has 1 rings (SSSR count). The molecule has 1 fully saturated rings. The minimum absolute atomic E-state index is 0.0254. The number of aliphatic hydroxyl groups excluding tert-OH is 1. The van der Waals surface area contributed by atoms with Crippen molar-refractivity contribution in [2.24, 2.45) is 0 Å². The molecule has 1 N–H and O–H groups in total. The third kappa shape index (κ3) is 3.78. The molecular formula is C12H20O3. The highest BCUT2D eigenvalue weighted by Crippen LogP contribution is 2.30. The zero-order valence-corrected chi connectivity index (χ0v) is 9.48. The van der Waals surface area contributed by atoms with E-state index in [1.165, 1.54) is 0 Å². The van der Waals surface area contributed by atoms with Crippen LogP contribution in [-0.4, -0.2) is 29.7 Å². The van der Waals surface area contributed by atoms with Crippen molar-refractivity contribution in [3.63, 3.8) is 0 Å². The van der Waals surface area contributed by atoms with Gasteiger partial charge in [-0.2, -0.15) is 0 Å². The predicted octanol–water partition coefficient (Wildman–Crippen LogP) is 2.02. The molecule has 0 saturated carbocycles. The van der Waals surface area contributed by atoms with Gasteiger partial charge in [-0.25, -0.2) is 0 Å². The molecule has 0 aromatic heterocycles. The largest absolute Gasteiger partial charge is 0.392 e. The fourth-order valence-electron chi connectivity index (χ4n) is 1.74. The van der Waals surface area contributed by atoms with E-state index in [0.29, 0.717) is 0 Å². The van der Waals surface area contributed by atoms with Crippen molar-refractivity contribution in [3.8, 4) is 0 Å². The highest BCUT2D eigenvalue weighted by Gasteiger charge is 2.38. The first kappa shape index (κ1) is 12.4. The molecular weight excluding hydrogens is 192 g/mol. The fraction of sp³-hybridized carbons (Fsp3) is 0.667. The molecule has 0 unspecified atom stereocenters. The third-order valence-electron chi connectivity index (χ3n) is 2.34. The third-order valence-corrected chi connectivity index (χ3v) is 2.34. The SMILES string of the molecule is C=C[C@H]1OC(C)(C)O[C@@H]1CC/C=C/CO. The number of allylic oxidation sites excluding steroid dienone is 1. The van der Waals surface area contributed by atoms with Crippen molar-refractivity contribution >= 4 is 0 Å². The minimum atomic E-state index is -0.510. The Bertz CT molecular complexity index is 233. The molecule has 0 spiro atoms. The van der Waals surface area contributed by atoms with E-state index in [2.05, 4.69) is 6.58 Å². The monoisotopic (exact) mass is 212 g/mol. The summed E-state index contributed by atoms with van der Waals surface area (Å²) in [6, 6.07) is 0. The molecule has 86 valence electrons. The summed E-state index contributed by atoms with van der Waals surface area (Å²) in [5, 5.41) is 8.58. The number of rotatable bonds is 5. The Morgan fingerprint density at radius 2 is 2.07 bits per heavy atom. The topological polar surface area (TPSA) is 38.7 Å². The van der Waals surface area contributed by atoms with Gasteiger partial charge in [-0.15, -0.1) is 6.58 Å². The molecule has 2 atom stereocenters. The van der Waals surface area contributed by atoms with Gasteiger partial charge in [0.05, 0.1) is 12.7 Å². The normalized spacial score (nSPS) is 29.8. The van der Waals surface area contributed by atoms with Crippen molar-refractivity contribution in [2.75, 3.05) is 6.61 Å². The van der Waals surface area contributed by atoms with Gasteiger partial charge in [0.2, 0.25) is 0 Å². The number of aliphatic hydroxyl groups is 1. The Hall–Kier alpha value is -0.640. The summed E-state index contributed by atoms with van der Waals surface area (Å²) in [4.78, 5) is 0. The van der Waals surface area contributed by atoms with Crippen molar-refractivity contribution in [3.05, 3.63) is 24.8 Å². The molecule has 1 aliphatic heterocycles. The molecule has 0 aromatic carbocycles. The molecule has 0 aromatic rings. The van der Waals surface area contributed by atoms with Gasteiger partial charge < -0.3 is 14.6 Å². The van der Waals surface area contributed by atoms with E-state index in [4.69, 9.17) is 14.6 Å². The van der Waals surface area contributed by atoms with Gasteiger partial charge >= 0.3 is 0 Å². The molecule has 1 heterocycles. The van der Waals surface area contributed by atoms with Crippen LogP contribution in [0.1, 0.15) is 26.7 Å². The van der Waals surface area contributed by atoms with E-state index < -0.39 is 5.79 Å². The van der Waals surface area contributed by atoms with Gasteiger partial charge in [0.15, 0.2) is 5.79 Å². The van der Waals surface area contributed by atoms with Gasteiger partial charge in [0.1, 0.15) is 6.10 Å². The fourth-order valence-corrected chi connectivity index (χ4v) is 1.74. The van der Waals surface area contributed by atoms with Gasteiger partial charge in [-0.1, -0.05) is 18.2 Å². The first-order chi connectivity index (χ1) is 7.09. The summed E-state index contributed by atoms with van der Waals surface area (Å²) in [5.74, 6) is -0.510. The molecule has 0 amide bonds. The van der Waals surface area contributed by atoms with Crippen LogP contribution in [0, 0.1) is 0 Å². The average Bonchev–Trinajstić information content (AvgIpc) is 2.48. The van der Waals surface area contributed by atoms with Crippen molar-refractivity contribution in [1.82, 2.24) is 0 Å². The van der Waals surface area contributed by atoms with Gasteiger partial charge in [-0.05, 0) is 26.7 Å². The Morgan fingerprint density at radius 3 is 2.67 bits per heavy atom. The maximum Gasteiger partial charge on any atom is 0.164 e. The quantitative estimate of drug-likeness (QED) is 0.709. The summed E-state index contributed by atoms with van der Waals surface area (Å²) in [5.41, 5.74) is 0. The molecule has 1 saturated heterocycles. The van der Waals surface area contributed by atoms with Gasteiger partial charge in [0, 0.05) is 0 Å². The van der Waals surface area contributed by atoms with E-state index in [1.807, 2.05) is 19.9 Å². The van der Waals surface area contributed by atoms with Crippen LogP contribution in [0.15, 0.2) is 24.8 Å². The molecule has 0 bridgehead atoms. The highest BCUT2D eigenvalue weighted by atomic mass is 16.7. The molecule has 0 aliphatic carbocycles. The summed E-state index contributed by atoms with van der Waals surface area (Å²) >= 11 is 0. The van der Waals surface area contributed by atoms with E-state index >= 15 is 0 Å². The van der Waals surface area contributed by atoms with E-state index in [-0.39, 0.29) is 18.8 Å². The second-order valence-corrected chi connectivity index (χ2v) is 4.11. The first-order valence-electron chi connectivity index (χ1n) is 5.33. The number of ether oxygens (including phenoxy) is 2. The van der Waals surface area contributed by atoms with Crippen LogP contribution >= 0.6 is 0 Å². The predicted molar refractivity (Wildman–Crippen MR) is 59.5 cm³/mol. The zero-order valence-electron chi connectivity index (χ0n) is 9.48. The zero-order chi connectivity index (χ0) is 11.3. The molecule has 15 heavy (non-hydrogen) atoms. The van der Waals surface area contributed by atoms with E-state index in [1.54, 1.807) is 12.2 Å². The lowest BCUT2D eigenvalue weighted by atomic mass is 10.1. The van der Waals surface area contributed by atoms with E-state index in [0.717, 1.165) is 12.8 Å². The van der Waals surface area contributed by atoms with Gasteiger partial charge in [-0.3, -0.25) is 0 Å².